The summed E-state index contributed by atoms with van der Waals surface area (Å²) in [7, 11) is 0. The number of nitrogens with zero attached hydrogens (tertiary/aromatic N) is 1. The SMILES string of the molecule is Brc1ccccc1Oc1ccnc(CNC2CC2)c1. The van der Waals surface area contributed by atoms with Crippen molar-refractivity contribution in [2.75, 3.05) is 0 Å². The van der Waals surface area contributed by atoms with Gasteiger partial charge in [-0.1, -0.05) is 12.1 Å². The number of para-hydroxylation sites is 1. The molecule has 1 saturated carbocycles. The molecule has 0 spiro atoms. The molecule has 0 amide bonds. The molecule has 3 nitrogen and oxygen atoms in total. The first kappa shape index (κ1) is 12.6. The van der Waals surface area contributed by atoms with Gasteiger partial charge in [0.05, 0.1) is 10.2 Å². The Morgan fingerprint density at radius 3 is 2.89 bits per heavy atom. The van der Waals surface area contributed by atoms with E-state index in [9.17, 15) is 0 Å². The molecule has 1 N–H and O–H groups in total. The molecular formula is C15H15BrN2O. The van der Waals surface area contributed by atoms with E-state index < -0.39 is 0 Å². The highest BCUT2D eigenvalue weighted by Crippen LogP contribution is 2.29. The number of halogens is 1. The summed E-state index contributed by atoms with van der Waals surface area (Å²) in [5, 5.41) is 3.45. The number of pyridine rings is 1. The standard InChI is InChI=1S/C15H15BrN2O/c16-14-3-1-2-4-15(14)19-13-7-8-17-12(9-13)10-18-11-5-6-11/h1-4,7-9,11,18H,5-6,10H2. The molecule has 1 aromatic carbocycles. The van der Waals surface area contributed by atoms with E-state index in [1.807, 2.05) is 36.4 Å². The monoisotopic (exact) mass is 318 g/mol. The number of hydrogen-bond donors (Lipinski definition) is 1. The summed E-state index contributed by atoms with van der Waals surface area (Å²) in [6.07, 6.45) is 4.36. The van der Waals surface area contributed by atoms with Crippen LogP contribution in [0.1, 0.15) is 18.5 Å². The molecule has 0 saturated heterocycles. The Kier molecular flexibility index (Phi) is 3.80. The number of nitrogens with one attached hydrogen (secondary N) is 1. The Morgan fingerprint density at radius 2 is 2.11 bits per heavy atom. The molecule has 0 unspecified atom stereocenters. The van der Waals surface area contributed by atoms with Crippen LogP contribution in [0.3, 0.4) is 0 Å². The number of hydrogen-bond acceptors (Lipinski definition) is 3. The predicted octanol–water partition coefficient (Wildman–Crippen LogP) is 3.89. The van der Waals surface area contributed by atoms with Crippen molar-refractivity contribution < 1.29 is 4.74 Å². The highest BCUT2D eigenvalue weighted by atomic mass is 79.9. The second-order valence-electron chi connectivity index (χ2n) is 4.67. The molecule has 2 aromatic rings. The van der Waals surface area contributed by atoms with Crippen molar-refractivity contribution in [3.63, 3.8) is 0 Å². The van der Waals surface area contributed by atoms with Crippen molar-refractivity contribution in [3.8, 4) is 11.5 Å². The van der Waals surface area contributed by atoms with Crippen LogP contribution in [0.4, 0.5) is 0 Å². The molecule has 1 heterocycles. The van der Waals surface area contributed by atoms with Gasteiger partial charge in [-0.15, -0.1) is 0 Å². The van der Waals surface area contributed by atoms with E-state index in [4.69, 9.17) is 4.74 Å². The van der Waals surface area contributed by atoms with Crippen molar-refractivity contribution in [2.24, 2.45) is 0 Å². The molecule has 1 aliphatic carbocycles. The zero-order chi connectivity index (χ0) is 13.1. The minimum absolute atomic E-state index is 0.689. The van der Waals surface area contributed by atoms with E-state index in [0.717, 1.165) is 28.2 Å². The van der Waals surface area contributed by atoms with Crippen LogP contribution >= 0.6 is 15.9 Å². The normalized spacial score (nSPS) is 14.4. The third-order valence-electron chi connectivity index (χ3n) is 3.00. The number of benzene rings is 1. The lowest BCUT2D eigenvalue weighted by atomic mass is 10.3. The van der Waals surface area contributed by atoms with E-state index in [0.29, 0.717) is 6.04 Å². The topological polar surface area (TPSA) is 34.1 Å². The molecule has 98 valence electrons. The quantitative estimate of drug-likeness (QED) is 0.908. The summed E-state index contributed by atoms with van der Waals surface area (Å²) in [6, 6.07) is 12.4. The van der Waals surface area contributed by atoms with E-state index in [-0.39, 0.29) is 0 Å². The van der Waals surface area contributed by atoms with E-state index >= 15 is 0 Å². The molecule has 19 heavy (non-hydrogen) atoms. The van der Waals surface area contributed by atoms with Gasteiger partial charge < -0.3 is 10.1 Å². The van der Waals surface area contributed by atoms with Crippen LogP contribution < -0.4 is 10.1 Å². The van der Waals surface area contributed by atoms with Gasteiger partial charge in [-0.2, -0.15) is 0 Å². The molecule has 0 atom stereocenters. The minimum Gasteiger partial charge on any atom is -0.456 e. The summed E-state index contributed by atoms with van der Waals surface area (Å²) in [5.41, 5.74) is 1.01. The number of rotatable bonds is 5. The van der Waals surface area contributed by atoms with Gasteiger partial charge in [-0.05, 0) is 47.0 Å². The molecule has 4 heteroatoms. The first-order valence-corrected chi connectivity index (χ1v) is 7.21. The summed E-state index contributed by atoms with van der Waals surface area (Å²) in [5.74, 6) is 1.63. The zero-order valence-corrected chi connectivity index (χ0v) is 12.1. The Labute approximate surface area is 121 Å². The lowest BCUT2D eigenvalue weighted by molar-refractivity contribution is 0.477. The van der Waals surface area contributed by atoms with Crippen LogP contribution in [0.15, 0.2) is 47.1 Å². The summed E-state index contributed by atoms with van der Waals surface area (Å²) in [6.45, 7) is 0.803. The van der Waals surface area contributed by atoms with Crippen LogP contribution in [0.2, 0.25) is 0 Å². The summed E-state index contributed by atoms with van der Waals surface area (Å²) >= 11 is 3.48. The third-order valence-corrected chi connectivity index (χ3v) is 3.66. The summed E-state index contributed by atoms with van der Waals surface area (Å²) in [4.78, 5) is 4.35. The number of aromatic nitrogens is 1. The first-order chi connectivity index (χ1) is 9.31. The Morgan fingerprint density at radius 1 is 1.26 bits per heavy atom. The van der Waals surface area contributed by atoms with Crippen LogP contribution in [0.5, 0.6) is 11.5 Å². The van der Waals surface area contributed by atoms with Crippen LogP contribution in [0.25, 0.3) is 0 Å². The fraction of sp³-hybridized carbons (Fsp3) is 0.267. The van der Waals surface area contributed by atoms with Gasteiger partial charge in [0, 0.05) is 24.8 Å². The van der Waals surface area contributed by atoms with E-state index in [1.165, 1.54) is 12.8 Å². The fourth-order valence-corrected chi connectivity index (χ4v) is 2.17. The maximum absolute atomic E-state index is 5.86. The van der Waals surface area contributed by atoms with Gasteiger partial charge in [-0.3, -0.25) is 4.98 Å². The average Bonchev–Trinajstić information content (AvgIpc) is 3.24. The predicted molar refractivity (Wildman–Crippen MR) is 78.3 cm³/mol. The van der Waals surface area contributed by atoms with E-state index in [1.54, 1.807) is 6.20 Å². The van der Waals surface area contributed by atoms with Gasteiger partial charge in [0.2, 0.25) is 0 Å². The molecule has 3 rings (SSSR count). The fourth-order valence-electron chi connectivity index (χ4n) is 1.81. The molecular weight excluding hydrogens is 304 g/mol. The second-order valence-corrected chi connectivity index (χ2v) is 5.52. The highest BCUT2D eigenvalue weighted by Gasteiger charge is 2.20. The van der Waals surface area contributed by atoms with Crippen molar-refractivity contribution in [2.45, 2.75) is 25.4 Å². The second kappa shape index (κ2) is 5.72. The van der Waals surface area contributed by atoms with E-state index in [2.05, 4.69) is 26.2 Å². The van der Waals surface area contributed by atoms with Crippen LogP contribution in [-0.2, 0) is 6.54 Å². The summed E-state index contributed by atoms with van der Waals surface area (Å²) < 4.78 is 6.81. The lowest BCUT2D eigenvalue weighted by Crippen LogP contribution is -2.16. The van der Waals surface area contributed by atoms with Crippen molar-refractivity contribution in [1.29, 1.82) is 0 Å². The Hall–Kier alpha value is -1.39. The van der Waals surface area contributed by atoms with Crippen molar-refractivity contribution >= 4 is 15.9 Å². The molecule has 0 bridgehead atoms. The molecule has 1 aliphatic rings. The Balaban J connectivity index is 1.70. The van der Waals surface area contributed by atoms with Gasteiger partial charge >= 0.3 is 0 Å². The molecule has 0 aliphatic heterocycles. The average molecular weight is 319 g/mol. The third kappa shape index (κ3) is 3.55. The first-order valence-electron chi connectivity index (χ1n) is 6.42. The van der Waals surface area contributed by atoms with Crippen molar-refractivity contribution in [1.82, 2.24) is 10.3 Å². The van der Waals surface area contributed by atoms with Gasteiger partial charge in [-0.25, -0.2) is 0 Å². The highest BCUT2D eigenvalue weighted by molar-refractivity contribution is 9.10. The van der Waals surface area contributed by atoms with Gasteiger partial charge in [0.25, 0.3) is 0 Å². The molecule has 0 radical (unpaired) electrons. The van der Waals surface area contributed by atoms with Crippen LogP contribution in [-0.4, -0.2) is 11.0 Å². The maximum Gasteiger partial charge on any atom is 0.141 e. The minimum atomic E-state index is 0.689. The number of ether oxygens (including phenoxy) is 1. The molecule has 1 fully saturated rings. The lowest BCUT2D eigenvalue weighted by Gasteiger charge is -2.09. The van der Waals surface area contributed by atoms with Gasteiger partial charge in [0.1, 0.15) is 11.5 Å². The van der Waals surface area contributed by atoms with Gasteiger partial charge in [0.15, 0.2) is 0 Å². The van der Waals surface area contributed by atoms with Crippen molar-refractivity contribution in [3.05, 3.63) is 52.8 Å². The smallest absolute Gasteiger partial charge is 0.141 e. The largest absolute Gasteiger partial charge is 0.456 e. The Bertz CT molecular complexity index is 570. The molecule has 1 aromatic heterocycles. The van der Waals surface area contributed by atoms with Crippen LogP contribution in [0, 0.1) is 0 Å². The zero-order valence-electron chi connectivity index (χ0n) is 10.5. The maximum atomic E-state index is 5.86.